The third-order valence-electron chi connectivity index (χ3n) is 2.80. The molecule has 19 heavy (non-hydrogen) atoms. The summed E-state index contributed by atoms with van der Waals surface area (Å²) in [5.74, 6) is -0.657. The third-order valence-corrected chi connectivity index (χ3v) is 3.45. The largest absolute Gasteiger partial charge is 0.480 e. The van der Waals surface area contributed by atoms with Crippen LogP contribution in [-0.2, 0) is 9.59 Å². The van der Waals surface area contributed by atoms with Crippen LogP contribution in [0, 0.1) is 0 Å². The van der Waals surface area contributed by atoms with Crippen molar-refractivity contribution in [2.45, 2.75) is 31.3 Å². The summed E-state index contributed by atoms with van der Waals surface area (Å²) >= 11 is 1.51. The standard InChI is InChI=1S/C11H19N3O4S/c1-19-6-4-8(10(16)17)14-11(18)13-7-3-2-5-12-9(7)15/h7-8H,2-6H2,1H3,(H,12,15)(H,16,17)(H2,13,14,18)/t7?,8-/m0/s1. The van der Waals surface area contributed by atoms with Gasteiger partial charge in [-0.25, -0.2) is 9.59 Å². The number of amides is 3. The van der Waals surface area contributed by atoms with Gasteiger partial charge in [-0.05, 0) is 31.3 Å². The molecule has 1 saturated heterocycles. The summed E-state index contributed by atoms with van der Waals surface area (Å²) in [5.41, 5.74) is 0. The number of aliphatic carboxylic acids is 1. The van der Waals surface area contributed by atoms with E-state index >= 15 is 0 Å². The molecule has 1 heterocycles. The molecule has 8 heteroatoms. The summed E-state index contributed by atoms with van der Waals surface area (Å²) in [6.45, 7) is 0.615. The van der Waals surface area contributed by atoms with E-state index in [4.69, 9.17) is 5.11 Å². The number of carboxylic acids is 1. The molecule has 0 spiro atoms. The van der Waals surface area contributed by atoms with Crippen LogP contribution in [0.2, 0.25) is 0 Å². The fourth-order valence-corrected chi connectivity index (χ4v) is 2.23. The maximum absolute atomic E-state index is 11.7. The number of hydrogen-bond acceptors (Lipinski definition) is 4. The van der Waals surface area contributed by atoms with Crippen molar-refractivity contribution in [1.82, 2.24) is 16.0 Å². The molecule has 0 bridgehead atoms. The molecule has 0 aromatic heterocycles. The van der Waals surface area contributed by atoms with Gasteiger partial charge in [0.2, 0.25) is 5.91 Å². The predicted octanol–water partition coefficient (Wildman–Crippen LogP) is -0.229. The molecule has 1 fully saturated rings. The first kappa shape index (κ1) is 15.6. The first-order valence-corrected chi connectivity index (χ1v) is 7.50. The molecule has 108 valence electrons. The number of carboxylic acid groups (broad SMARTS) is 1. The second kappa shape index (κ2) is 7.88. The van der Waals surface area contributed by atoms with E-state index in [1.54, 1.807) is 0 Å². The van der Waals surface area contributed by atoms with Gasteiger partial charge in [0, 0.05) is 6.54 Å². The van der Waals surface area contributed by atoms with Crippen molar-refractivity contribution in [2.24, 2.45) is 0 Å². The molecule has 0 aromatic carbocycles. The first-order chi connectivity index (χ1) is 9.04. The molecule has 2 atom stereocenters. The van der Waals surface area contributed by atoms with Crippen molar-refractivity contribution in [3.05, 3.63) is 0 Å². The fourth-order valence-electron chi connectivity index (χ4n) is 1.76. The average Bonchev–Trinajstić information content (AvgIpc) is 2.37. The Hall–Kier alpha value is -1.44. The van der Waals surface area contributed by atoms with Crippen LogP contribution < -0.4 is 16.0 Å². The smallest absolute Gasteiger partial charge is 0.326 e. The summed E-state index contributed by atoms with van der Waals surface area (Å²) in [4.78, 5) is 34.1. The van der Waals surface area contributed by atoms with E-state index in [2.05, 4.69) is 16.0 Å². The zero-order valence-electron chi connectivity index (χ0n) is 10.8. The molecule has 0 saturated carbocycles. The third kappa shape index (κ3) is 5.37. The van der Waals surface area contributed by atoms with Crippen molar-refractivity contribution in [3.63, 3.8) is 0 Å². The minimum atomic E-state index is -1.07. The highest BCUT2D eigenvalue weighted by atomic mass is 32.2. The Morgan fingerprint density at radius 1 is 1.58 bits per heavy atom. The van der Waals surface area contributed by atoms with E-state index < -0.39 is 24.1 Å². The van der Waals surface area contributed by atoms with Crippen LogP contribution in [0.4, 0.5) is 4.79 Å². The second-order valence-electron chi connectivity index (χ2n) is 4.28. The molecular formula is C11H19N3O4S. The number of urea groups is 1. The van der Waals surface area contributed by atoms with Gasteiger partial charge in [-0.1, -0.05) is 0 Å². The van der Waals surface area contributed by atoms with Crippen LogP contribution in [0.3, 0.4) is 0 Å². The number of carbonyl (C=O) groups excluding carboxylic acids is 2. The SMILES string of the molecule is CSCC[C@H](NC(=O)NC1CCCNC1=O)C(=O)O. The Balaban J connectivity index is 2.43. The van der Waals surface area contributed by atoms with Crippen molar-refractivity contribution in [3.8, 4) is 0 Å². The van der Waals surface area contributed by atoms with Gasteiger partial charge in [0.25, 0.3) is 0 Å². The van der Waals surface area contributed by atoms with E-state index in [1.807, 2.05) is 6.26 Å². The van der Waals surface area contributed by atoms with Gasteiger partial charge in [-0.2, -0.15) is 11.8 Å². The number of nitrogens with one attached hydrogen (secondary N) is 3. The lowest BCUT2D eigenvalue weighted by molar-refractivity contribution is -0.139. The van der Waals surface area contributed by atoms with Crippen molar-refractivity contribution < 1.29 is 19.5 Å². The number of carbonyl (C=O) groups is 3. The Morgan fingerprint density at radius 3 is 2.89 bits per heavy atom. The van der Waals surface area contributed by atoms with Crippen LogP contribution in [0.5, 0.6) is 0 Å². The Bertz CT molecular complexity index is 351. The summed E-state index contributed by atoms with van der Waals surface area (Å²) in [7, 11) is 0. The van der Waals surface area contributed by atoms with Gasteiger partial charge in [-0.3, -0.25) is 4.79 Å². The normalized spacial score (nSPS) is 20.3. The molecule has 7 nitrogen and oxygen atoms in total. The van der Waals surface area contributed by atoms with Crippen LogP contribution >= 0.6 is 11.8 Å². The van der Waals surface area contributed by atoms with E-state index in [1.165, 1.54) is 11.8 Å². The molecule has 1 aliphatic rings. The number of hydrogen-bond donors (Lipinski definition) is 4. The highest BCUT2D eigenvalue weighted by Crippen LogP contribution is 2.04. The minimum Gasteiger partial charge on any atom is -0.480 e. The molecule has 3 amide bonds. The summed E-state index contributed by atoms with van der Waals surface area (Å²) in [6, 6.07) is -2.13. The lowest BCUT2D eigenvalue weighted by atomic mass is 10.1. The predicted molar refractivity (Wildman–Crippen MR) is 72.1 cm³/mol. The van der Waals surface area contributed by atoms with Crippen LogP contribution in [0.1, 0.15) is 19.3 Å². The van der Waals surface area contributed by atoms with E-state index in [-0.39, 0.29) is 5.91 Å². The number of rotatable bonds is 6. The summed E-state index contributed by atoms with van der Waals surface area (Å²) in [6.07, 6.45) is 3.58. The molecular weight excluding hydrogens is 270 g/mol. The van der Waals surface area contributed by atoms with Crippen molar-refractivity contribution in [2.75, 3.05) is 18.6 Å². The highest BCUT2D eigenvalue weighted by molar-refractivity contribution is 7.98. The van der Waals surface area contributed by atoms with Gasteiger partial charge >= 0.3 is 12.0 Å². The van der Waals surface area contributed by atoms with Gasteiger partial charge < -0.3 is 21.1 Å². The van der Waals surface area contributed by atoms with Gasteiger partial charge in [0.1, 0.15) is 12.1 Å². The summed E-state index contributed by atoms with van der Waals surface area (Å²) < 4.78 is 0. The van der Waals surface area contributed by atoms with Crippen molar-refractivity contribution in [1.29, 1.82) is 0 Å². The molecule has 1 aliphatic heterocycles. The van der Waals surface area contributed by atoms with Gasteiger partial charge in [0.15, 0.2) is 0 Å². The highest BCUT2D eigenvalue weighted by Gasteiger charge is 2.25. The van der Waals surface area contributed by atoms with Crippen molar-refractivity contribution >= 4 is 29.7 Å². The zero-order chi connectivity index (χ0) is 14.3. The quantitative estimate of drug-likeness (QED) is 0.540. The first-order valence-electron chi connectivity index (χ1n) is 6.11. The topological polar surface area (TPSA) is 108 Å². The van der Waals surface area contributed by atoms with Crippen LogP contribution in [0.25, 0.3) is 0 Å². The Morgan fingerprint density at radius 2 is 2.32 bits per heavy atom. The lowest BCUT2D eigenvalue weighted by Crippen LogP contribution is -2.55. The van der Waals surface area contributed by atoms with E-state index in [0.717, 1.165) is 6.42 Å². The molecule has 1 rings (SSSR count). The Labute approximate surface area is 115 Å². The molecule has 0 aliphatic carbocycles. The van der Waals surface area contributed by atoms with Crippen LogP contribution in [0.15, 0.2) is 0 Å². The maximum Gasteiger partial charge on any atom is 0.326 e. The molecule has 4 N–H and O–H groups in total. The van der Waals surface area contributed by atoms with Gasteiger partial charge in [-0.15, -0.1) is 0 Å². The second-order valence-corrected chi connectivity index (χ2v) is 5.26. The average molecular weight is 289 g/mol. The maximum atomic E-state index is 11.7. The molecule has 1 unspecified atom stereocenters. The lowest BCUT2D eigenvalue weighted by Gasteiger charge is -2.23. The van der Waals surface area contributed by atoms with E-state index in [0.29, 0.717) is 25.1 Å². The Kier molecular flexibility index (Phi) is 6.48. The monoisotopic (exact) mass is 289 g/mol. The van der Waals surface area contributed by atoms with Crippen LogP contribution in [-0.4, -0.2) is 53.7 Å². The number of thioether (sulfide) groups is 1. The zero-order valence-corrected chi connectivity index (χ0v) is 11.6. The van der Waals surface area contributed by atoms with Gasteiger partial charge in [0.05, 0.1) is 0 Å². The molecule has 0 aromatic rings. The fraction of sp³-hybridized carbons (Fsp3) is 0.727. The summed E-state index contributed by atoms with van der Waals surface area (Å²) in [5, 5.41) is 16.5. The van der Waals surface area contributed by atoms with E-state index in [9.17, 15) is 14.4 Å². The minimum absolute atomic E-state index is 0.225. The molecule has 0 radical (unpaired) electrons. The number of piperidine rings is 1.